The Morgan fingerprint density at radius 2 is 1.70 bits per heavy atom. The number of carbonyl (C=O) groups excluding carboxylic acids is 5. The molecule has 1 fully saturated rings. The van der Waals surface area contributed by atoms with E-state index in [9.17, 15) is 32.7 Å². The molecular formula is C46H65N7O9S. The summed E-state index contributed by atoms with van der Waals surface area (Å²) in [6.45, 7) is 10.5. The van der Waals surface area contributed by atoms with Crippen LogP contribution in [0.25, 0.3) is 0 Å². The largest absolute Gasteiger partial charge is 0.444 e. The van der Waals surface area contributed by atoms with Crippen molar-refractivity contribution < 1.29 is 42.2 Å². The van der Waals surface area contributed by atoms with Crippen molar-refractivity contribution in [3.05, 3.63) is 83.4 Å². The number of benzene rings is 2. The van der Waals surface area contributed by atoms with Crippen LogP contribution >= 0.6 is 0 Å². The Balaban J connectivity index is 1.67. The molecule has 5 atom stereocenters. The van der Waals surface area contributed by atoms with E-state index in [1.165, 1.54) is 24.7 Å². The summed E-state index contributed by atoms with van der Waals surface area (Å²) in [6, 6.07) is 11.1. The fourth-order valence-corrected chi connectivity index (χ4v) is 10.7. The molecule has 7 N–H and O–H groups in total. The van der Waals surface area contributed by atoms with E-state index >= 15 is 4.79 Å². The number of H-pyrrole nitrogens is 1. The Bertz CT molecular complexity index is 2170. The van der Waals surface area contributed by atoms with Crippen molar-refractivity contribution in [3.63, 3.8) is 0 Å². The fourth-order valence-electron chi connectivity index (χ4n) is 8.76. The number of aromatic amines is 1. The van der Waals surface area contributed by atoms with Crippen LogP contribution in [-0.4, -0.2) is 99.7 Å². The number of aliphatic hydroxyl groups excluding tert-OH is 1. The molecule has 0 saturated heterocycles. The number of nitrogens with zero attached hydrogens (tertiary/aromatic N) is 2. The second-order valence-electron chi connectivity index (χ2n) is 18.5. The van der Waals surface area contributed by atoms with Crippen LogP contribution in [0, 0.1) is 11.8 Å². The van der Waals surface area contributed by atoms with E-state index in [4.69, 9.17) is 10.5 Å². The third-order valence-electron chi connectivity index (χ3n) is 11.7. The zero-order chi connectivity index (χ0) is 46.1. The molecule has 5 rings (SSSR count). The molecular weight excluding hydrogens is 827 g/mol. The van der Waals surface area contributed by atoms with Crippen LogP contribution in [0.2, 0.25) is 0 Å². The summed E-state index contributed by atoms with van der Waals surface area (Å²) in [6.07, 6.45) is 4.88. The van der Waals surface area contributed by atoms with Crippen LogP contribution in [0.5, 0.6) is 0 Å². The molecule has 2 aliphatic rings. The first-order valence-corrected chi connectivity index (χ1v) is 23.5. The highest BCUT2D eigenvalue weighted by molar-refractivity contribution is 7.91. The molecule has 17 heteroatoms. The Kier molecular flexibility index (Phi) is 16.3. The topological polar surface area (TPSA) is 243 Å². The van der Waals surface area contributed by atoms with Gasteiger partial charge >= 0.3 is 6.09 Å². The number of aromatic nitrogens is 2. The summed E-state index contributed by atoms with van der Waals surface area (Å²) in [7, 11) is -4.22. The predicted octanol–water partition coefficient (Wildman–Crippen LogP) is 4.21. The minimum absolute atomic E-state index is 0.00667. The average molecular weight is 892 g/mol. The molecule has 1 aliphatic heterocycles. The van der Waals surface area contributed by atoms with Crippen LogP contribution in [0.4, 0.5) is 4.79 Å². The SMILES string of the molecule is CC(=O)N(C(=O)[C@@H](N)Cc1ccccc1)[C@](Cc1cnc[nH]1)(C(=O)N[C@@H](CC1CCCCC1)[C@@H](O)CC(=O)NCC(C)C)C1CS(=O)(=O)c2cc(CNC(=O)OC(C)(C)C)ccc21. The quantitative estimate of drug-likeness (QED) is 0.106. The van der Waals surface area contributed by atoms with Crippen molar-refractivity contribution >= 4 is 39.6 Å². The van der Waals surface area contributed by atoms with Gasteiger partial charge in [0.2, 0.25) is 23.6 Å². The maximum absolute atomic E-state index is 15.8. The van der Waals surface area contributed by atoms with Gasteiger partial charge in [-0.2, -0.15) is 0 Å². The Morgan fingerprint density at radius 1 is 1.00 bits per heavy atom. The molecule has 1 unspecified atom stereocenters. The molecule has 0 radical (unpaired) electrons. The van der Waals surface area contributed by atoms with E-state index < -0.39 is 87.0 Å². The summed E-state index contributed by atoms with van der Waals surface area (Å²) in [5.41, 5.74) is 5.14. The number of rotatable bonds is 18. The van der Waals surface area contributed by atoms with E-state index in [-0.39, 0.29) is 41.7 Å². The number of aliphatic hydroxyl groups is 1. The molecule has 63 heavy (non-hydrogen) atoms. The molecule has 2 aromatic carbocycles. The molecule has 5 amide bonds. The molecule has 1 aromatic heterocycles. The van der Waals surface area contributed by atoms with E-state index in [1.54, 1.807) is 51.1 Å². The van der Waals surface area contributed by atoms with Crippen molar-refractivity contribution in [1.82, 2.24) is 30.8 Å². The van der Waals surface area contributed by atoms with Gasteiger partial charge in [-0.05, 0) is 68.2 Å². The number of fused-ring (bicyclic) bond motifs is 1. The van der Waals surface area contributed by atoms with Crippen LogP contribution in [0.15, 0.2) is 66.0 Å². The lowest BCUT2D eigenvalue weighted by atomic mass is 9.73. The number of alkyl carbamates (subject to hydrolysis) is 1. The molecule has 3 aromatic rings. The number of imidazole rings is 1. The van der Waals surface area contributed by atoms with Crippen molar-refractivity contribution in [2.45, 2.75) is 146 Å². The molecule has 2 heterocycles. The Hall–Kier alpha value is -5.13. The highest BCUT2D eigenvalue weighted by Gasteiger charge is 2.60. The van der Waals surface area contributed by atoms with Crippen molar-refractivity contribution in [1.29, 1.82) is 0 Å². The van der Waals surface area contributed by atoms with Gasteiger partial charge < -0.3 is 36.5 Å². The number of nitrogens with one attached hydrogen (secondary N) is 4. The van der Waals surface area contributed by atoms with E-state index in [1.807, 2.05) is 19.9 Å². The van der Waals surface area contributed by atoms with Crippen molar-refractivity contribution in [3.8, 4) is 0 Å². The second-order valence-corrected chi connectivity index (χ2v) is 20.5. The maximum atomic E-state index is 15.8. The average Bonchev–Trinajstić information content (AvgIpc) is 3.83. The lowest BCUT2D eigenvalue weighted by Gasteiger charge is -2.46. The molecule has 344 valence electrons. The lowest BCUT2D eigenvalue weighted by Crippen LogP contribution is -2.70. The van der Waals surface area contributed by atoms with Gasteiger partial charge in [0.15, 0.2) is 9.84 Å². The normalized spacial score (nSPS) is 18.6. The first kappa shape index (κ1) is 48.9. The van der Waals surface area contributed by atoms with Gasteiger partial charge in [0.05, 0.1) is 41.6 Å². The van der Waals surface area contributed by atoms with Gasteiger partial charge in [-0.3, -0.25) is 24.1 Å². The number of nitrogens with two attached hydrogens (primary N) is 1. The van der Waals surface area contributed by atoms with E-state index in [2.05, 4.69) is 25.9 Å². The molecule has 1 aliphatic carbocycles. The summed E-state index contributed by atoms with van der Waals surface area (Å²) < 4.78 is 34.2. The number of sulfone groups is 1. The van der Waals surface area contributed by atoms with Crippen LogP contribution in [-0.2, 0) is 53.1 Å². The van der Waals surface area contributed by atoms with Crippen molar-refractivity contribution in [2.24, 2.45) is 17.6 Å². The zero-order valence-electron chi connectivity index (χ0n) is 37.3. The maximum Gasteiger partial charge on any atom is 0.407 e. The highest BCUT2D eigenvalue weighted by Crippen LogP contribution is 2.47. The highest BCUT2D eigenvalue weighted by atomic mass is 32.2. The first-order chi connectivity index (χ1) is 29.7. The summed E-state index contributed by atoms with van der Waals surface area (Å²) >= 11 is 0. The van der Waals surface area contributed by atoms with Crippen LogP contribution < -0.4 is 21.7 Å². The number of hydrogen-bond donors (Lipinski definition) is 6. The summed E-state index contributed by atoms with van der Waals surface area (Å²) in [4.78, 5) is 78.6. The Labute approximate surface area is 370 Å². The minimum Gasteiger partial charge on any atom is -0.444 e. The van der Waals surface area contributed by atoms with Gasteiger partial charge in [0, 0.05) is 44.2 Å². The van der Waals surface area contributed by atoms with Crippen molar-refractivity contribution in [2.75, 3.05) is 12.3 Å². The van der Waals surface area contributed by atoms with Gasteiger partial charge in [-0.25, -0.2) is 18.2 Å². The number of hydrogen-bond acceptors (Lipinski definition) is 11. The third-order valence-corrected chi connectivity index (χ3v) is 13.5. The van der Waals surface area contributed by atoms with E-state index in [0.717, 1.165) is 43.9 Å². The van der Waals surface area contributed by atoms with Gasteiger partial charge in [0.1, 0.15) is 11.1 Å². The molecule has 1 saturated carbocycles. The predicted molar refractivity (Wildman–Crippen MR) is 237 cm³/mol. The fraction of sp³-hybridized carbons (Fsp3) is 0.565. The minimum atomic E-state index is -4.22. The second kappa shape index (κ2) is 21.0. The lowest BCUT2D eigenvalue weighted by molar-refractivity contribution is -0.160. The van der Waals surface area contributed by atoms with Gasteiger partial charge in [0.25, 0.3) is 0 Å². The molecule has 0 bridgehead atoms. The number of carbonyl (C=O) groups is 5. The summed E-state index contributed by atoms with van der Waals surface area (Å²) in [5.74, 6) is -4.91. The summed E-state index contributed by atoms with van der Waals surface area (Å²) in [5, 5.41) is 20.3. The standard InChI is InChI=1S/C46H65N7O9S/c1-29(2)24-49-41(56)22-39(55)38(20-32-15-11-8-12-16-32)52-43(58)46(23-34-26-48-28-51-34,53(30(3)54)42(57)37(47)19-31-13-9-7-10-14-31)36-27-63(60,61)40-21-33(17-18-35(36)40)25-50-44(59)62-45(4,5)6/h7,9-10,13-14,17-18,21,26,28-29,32,36-39,55H,8,11-12,15-16,19-20,22-25,27,47H2,1-6H3,(H,48,51)(H,49,56)(H,50,59)(H,52,58)/t36?,37-,38-,39-,46-/m0/s1. The zero-order valence-corrected chi connectivity index (χ0v) is 38.1. The third kappa shape index (κ3) is 12.8. The number of amides is 5. The molecule has 0 spiro atoms. The van der Waals surface area contributed by atoms with Gasteiger partial charge in [-0.1, -0.05) is 88.4 Å². The van der Waals surface area contributed by atoms with E-state index in [0.29, 0.717) is 29.8 Å². The van der Waals surface area contributed by atoms with Crippen LogP contribution in [0.1, 0.15) is 115 Å². The Morgan fingerprint density at radius 3 is 2.32 bits per heavy atom. The number of ether oxygens (including phenoxy) is 1. The number of imide groups is 1. The van der Waals surface area contributed by atoms with Gasteiger partial charge in [-0.15, -0.1) is 0 Å². The smallest absolute Gasteiger partial charge is 0.407 e. The monoisotopic (exact) mass is 891 g/mol. The molecule has 16 nitrogen and oxygen atoms in total. The van der Waals surface area contributed by atoms with Crippen LogP contribution in [0.3, 0.4) is 0 Å². The first-order valence-electron chi connectivity index (χ1n) is 21.9.